The molecule has 2 aromatic rings. The highest BCUT2D eigenvalue weighted by atomic mass is 35.5. The van der Waals surface area contributed by atoms with Gasteiger partial charge in [0.2, 0.25) is 0 Å². The van der Waals surface area contributed by atoms with Crippen LogP contribution in [0.2, 0.25) is 0 Å². The number of rotatable bonds is 2. The summed E-state index contributed by atoms with van der Waals surface area (Å²) in [5.41, 5.74) is 0.792. The molecule has 72 valence electrons. The molecule has 0 bridgehead atoms. The summed E-state index contributed by atoms with van der Waals surface area (Å²) in [5.74, 6) is 0.0725. The van der Waals surface area contributed by atoms with Gasteiger partial charge < -0.3 is 0 Å². The van der Waals surface area contributed by atoms with Crippen LogP contribution in [0.15, 0.2) is 24.3 Å². The topological polar surface area (TPSA) is 17.1 Å². The van der Waals surface area contributed by atoms with Gasteiger partial charge in [0.1, 0.15) is 0 Å². The molecule has 0 fully saturated rings. The second-order valence-electron chi connectivity index (χ2n) is 3.09. The van der Waals surface area contributed by atoms with E-state index in [2.05, 4.69) is 0 Å². The van der Waals surface area contributed by atoms with Gasteiger partial charge in [0.05, 0.1) is 5.88 Å². The first-order valence-corrected chi connectivity index (χ1v) is 5.66. The number of alkyl halides is 1. The monoisotopic (exact) mass is 224 g/mol. The van der Waals surface area contributed by atoms with E-state index in [0.29, 0.717) is 0 Å². The van der Waals surface area contributed by atoms with Crippen molar-refractivity contribution in [1.82, 2.24) is 0 Å². The fourth-order valence-corrected chi connectivity index (χ4v) is 2.80. The quantitative estimate of drug-likeness (QED) is 0.563. The van der Waals surface area contributed by atoms with Crippen molar-refractivity contribution in [2.24, 2.45) is 0 Å². The number of benzene rings is 1. The average Bonchev–Trinajstić information content (AvgIpc) is 2.53. The first-order valence-electron chi connectivity index (χ1n) is 4.31. The number of hydrogen-bond donors (Lipinski definition) is 0. The van der Waals surface area contributed by atoms with E-state index >= 15 is 0 Å². The third kappa shape index (κ3) is 1.45. The molecule has 2 rings (SSSR count). The third-order valence-corrected chi connectivity index (χ3v) is 3.50. The van der Waals surface area contributed by atoms with Crippen molar-refractivity contribution in [3.05, 3.63) is 34.7 Å². The number of ketones is 1. The minimum atomic E-state index is 0.0154. The molecule has 0 aliphatic heterocycles. The lowest BCUT2D eigenvalue weighted by Crippen LogP contribution is -2.00. The molecule has 0 amide bonds. The Bertz CT molecular complexity index is 487. The lowest BCUT2D eigenvalue weighted by molar-refractivity contribution is 0.102. The summed E-state index contributed by atoms with van der Waals surface area (Å²) in [4.78, 5) is 12.6. The zero-order chi connectivity index (χ0) is 10.1. The summed E-state index contributed by atoms with van der Waals surface area (Å²) in [6.07, 6.45) is 0. The molecule has 0 aliphatic carbocycles. The molecule has 0 spiro atoms. The minimum absolute atomic E-state index is 0.0154. The van der Waals surface area contributed by atoms with E-state index in [1.165, 1.54) is 0 Å². The Kier molecular flexibility index (Phi) is 2.57. The normalized spacial score (nSPS) is 10.7. The molecule has 1 aromatic carbocycles. The predicted molar refractivity (Wildman–Crippen MR) is 61.6 cm³/mol. The van der Waals surface area contributed by atoms with E-state index in [-0.39, 0.29) is 11.7 Å². The average molecular weight is 225 g/mol. The van der Waals surface area contributed by atoms with Crippen LogP contribution in [0.25, 0.3) is 10.1 Å². The molecule has 14 heavy (non-hydrogen) atoms. The number of halogens is 1. The van der Waals surface area contributed by atoms with Crippen molar-refractivity contribution in [3.8, 4) is 0 Å². The molecular formula is C11H9ClOS. The first kappa shape index (κ1) is 9.69. The number of aryl methyl sites for hydroxylation is 1. The molecule has 0 N–H and O–H groups in total. The van der Waals surface area contributed by atoms with Gasteiger partial charge in [-0.2, -0.15) is 0 Å². The van der Waals surface area contributed by atoms with E-state index in [1.54, 1.807) is 11.3 Å². The van der Waals surface area contributed by atoms with Crippen LogP contribution in [-0.2, 0) is 0 Å². The molecular weight excluding hydrogens is 216 g/mol. The molecule has 0 unspecified atom stereocenters. The van der Waals surface area contributed by atoms with E-state index in [0.717, 1.165) is 20.5 Å². The second-order valence-corrected chi connectivity index (χ2v) is 4.61. The van der Waals surface area contributed by atoms with Gasteiger partial charge in [0.15, 0.2) is 5.78 Å². The molecule has 1 heterocycles. The maximum Gasteiger partial charge on any atom is 0.179 e. The minimum Gasteiger partial charge on any atom is -0.293 e. The standard InChI is InChI=1S/C11H9ClOS/c1-7-11(9(13)6-12)8-4-2-3-5-10(8)14-7/h2-5H,6H2,1H3. The third-order valence-electron chi connectivity index (χ3n) is 2.17. The molecule has 0 atom stereocenters. The second kappa shape index (κ2) is 3.71. The van der Waals surface area contributed by atoms with Crippen LogP contribution in [0.1, 0.15) is 15.2 Å². The Balaban J connectivity index is 2.74. The van der Waals surface area contributed by atoms with Crippen molar-refractivity contribution < 1.29 is 4.79 Å². The van der Waals surface area contributed by atoms with Crippen molar-refractivity contribution in [1.29, 1.82) is 0 Å². The van der Waals surface area contributed by atoms with Gasteiger partial charge in [-0.05, 0) is 13.0 Å². The zero-order valence-corrected chi connectivity index (χ0v) is 9.28. The maximum atomic E-state index is 11.6. The smallest absolute Gasteiger partial charge is 0.179 e. The summed E-state index contributed by atoms with van der Waals surface area (Å²) < 4.78 is 1.15. The maximum absolute atomic E-state index is 11.6. The van der Waals surface area contributed by atoms with Crippen LogP contribution in [0.5, 0.6) is 0 Å². The SMILES string of the molecule is Cc1sc2ccccc2c1C(=O)CCl. The summed E-state index contributed by atoms with van der Waals surface area (Å²) in [6.45, 7) is 1.96. The lowest BCUT2D eigenvalue weighted by atomic mass is 10.1. The van der Waals surface area contributed by atoms with E-state index in [4.69, 9.17) is 11.6 Å². The highest BCUT2D eigenvalue weighted by molar-refractivity contribution is 7.19. The summed E-state index contributed by atoms with van der Waals surface area (Å²) in [7, 11) is 0. The van der Waals surface area contributed by atoms with Crippen LogP contribution in [0, 0.1) is 6.92 Å². The largest absolute Gasteiger partial charge is 0.293 e. The summed E-state index contributed by atoms with van der Waals surface area (Å²) in [5, 5.41) is 1.03. The molecule has 0 aliphatic rings. The highest BCUT2D eigenvalue weighted by Gasteiger charge is 2.14. The number of carbonyl (C=O) groups excluding carboxylic acids is 1. The van der Waals surface area contributed by atoms with Crippen molar-refractivity contribution in [3.63, 3.8) is 0 Å². The number of fused-ring (bicyclic) bond motifs is 1. The van der Waals surface area contributed by atoms with E-state index in [1.807, 2.05) is 31.2 Å². The number of thiophene rings is 1. The van der Waals surface area contributed by atoms with Crippen molar-refractivity contribution in [2.75, 3.05) is 5.88 Å². The number of carbonyl (C=O) groups is 1. The van der Waals surface area contributed by atoms with Crippen LogP contribution in [-0.4, -0.2) is 11.7 Å². The van der Waals surface area contributed by atoms with Crippen LogP contribution < -0.4 is 0 Å². The van der Waals surface area contributed by atoms with Crippen LogP contribution >= 0.6 is 22.9 Å². The van der Waals surface area contributed by atoms with E-state index in [9.17, 15) is 4.79 Å². The molecule has 0 radical (unpaired) electrons. The van der Waals surface area contributed by atoms with Crippen molar-refractivity contribution >= 4 is 38.8 Å². The lowest BCUT2D eigenvalue weighted by Gasteiger charge is -1.95. The van der Waals surface area contributed by atoms with Gasteiger partial charge in [-0.3, -0.25) is 4.79 Å². The summed E-state index contributed by atoms with van der Waals surface area (Å²) in [6, 6.07) is 7.92. The number of Topliss-reactive ketones (excluding diaryl/α,β-unsaturated/α-hetero) is 1. The molecule has 3 heteroatoms. The van der Waals surface area contributed by atoms with Crippen LogP contribution in [0.3, 0.4) is 0 Å². The van der Waals surface area contributed by atoms with Gasteiger partial charge in [-0.25, -0.2) is 0 Å². The van der Waals surface area contributed by atoms with Gasteiger partial charge in [0, 0.05) is 20.5 Å². The van der Waals surface area contributed by atoms with Gasteiger partial charge in [-0.15, -0.1) is 22.9 Å². The fraction of sp³-hybridized carbons (Fsp3) is 0.182. The van der Waals surface area contributed by atoms with Gasteiger partial charge in [-0.1, -0.05) is 18.2 Å². The highest BCUT2D eigenvalue weighted by Crippen LogP contribution is 2.30. The Hall–Kier alpha value is -0.860. The Morgan fingerprint density at radius 3 is 2.86 bits per heavy atom. The molecule has 1 aromatic heterocycles. The van der Waals surface area contributed by atoms with Crippen LogP contribution in [0.4, 0.5) is 0 Å². The number of hydrogen-bond acceptors (Lipinski definition) is 2. The zero-order valence-electron chi connectivity index (χ0n) is 7.71. The molecule has 1 nitrogen and oxygen atoms in total. The van der Waals surface area contributed by atoms with Gasteiger partial charge >= 0.3 is 0 Å². The van der Waals surface area contributed by atoms with E-state index < -0.39 is 0 Å². The Morgan fingerprint density at radius 1 is 1.43 bits per heavy atom. The van der Waals surface area contributed by atoms with Crippen molar-refractivity contribution in [2.45, 2.75) is 6.92 Å². The Labute approximate surface area is 91.3 Å². The molecule has 0 saturated carbocycles. The predicted octanol–water partition coefficient (Wildman–Crippen LogP) is 3.63. The first-order chi connectivity index (χ1) is 6.74. The fourth-order valence-electron chi connectivity index (χ4n) is 1.58. The molecule has 0 saturated heterocycles. The Morgan fingerprint density at radius 2 is 2.14 bits per heavy atom. The summed E-state index contributed by atoms with van der Waals surface area (Å²) >= 11 is 7.21. The van der Waals surface area contributed by atoms with Gasteiger partial charge in [0.25, 0.3) is 0 Å².